The zero-order valence-electron chi connectivity index (χ0n) is 14.6. The lowest BCUT2D eigenvalue weighted by atomic mass is 9.59. The van der Waals surface area contributed by atoms with Gasteiger partial charge in [0, 0.05) is 6.21 Å². The number of fused-ring (bicyclic) bond motifs is 3. The monoisotopic (exact) mass is 356 g/mol. The molecule has 1 spiro atoms. The maximum Gasteiger partial charge on any atom is 0.262 e. The van der Waals surface area contributed by atoms with E-state index in [0.717, 1.165) is 11.3 Å². The molecule has 0 saturated carbocycles. The number of aromatic nitrogens is 2. The van der Waals surface area contributed by atoms with E-state index in [9.17, 15) is 9.59 Å². The Morgan fingerprint density at radius 3 is 2.78 bits per heavy atom. The van der Waals surface area contributed by atoms with Gasteiger partial charge < -0.3 is 5.32 Å². The van der Waals surface area contributed by atoms with Crippen LogP contribution in [0.1, 0.15) is 30.8 Å². The predicted octanol–water partition coefficient (Wildman–Crippen LogP) is 2.34. The summed E-state index contributed by atoms with van der Waals surface area (Å²) in [6.07, 6.45) is 2.44. The molecule has 2 bridgehead atoms. The third kappa shape index (κ3) is 1.53. The minimum Gasteiger partial charge on any atom is -0.341 e. The number of amides is 1. The summed E-state index contributed by atoms with van der Waals surface area (Å²) < 4.78 is 1.60. The van der Waals surface area contributed by atoms with E-state index in [1.54, 1.807) is 10.6 Å². The fraction of sp³-hybridized carbons (Fsp3) is 0.238. The molecule has 1 N–H and O–H groups in total. The highest BCUT2D eigenvalue weighted by Gasteiger charge is 2.64. The number of nitrogens with zero attached hydrogens (tertiary/aromatic N) is 3. The number of carbonyl (C=O) groups excluding carboxylic acids is 1. The van der Waals surface area contributed by atoms with Crippen LogP contribution in [-0.4, -0.2) is 21.7 Å². The van der Waals surface area contributed by atoms with Crippen LogP contribution in [0.3, 0.4) is 0 Å². The summed E-state index contributed by atoms with van der Waals surface area (Å²) in [5.74, 6) is 0.470. The molecule has 4 aliphatic rings. The van der Waals surface area contributed by atoms with Crippen molar-refractivity contribution in [1.82, 2.24) is 14.9 Å². The molecule has 3 aromatic rings. The zero-order valence-corrected chi connectivity index (χ0v) is 14.6. The Bertz CT molecular complexity index is 1260. The summed E-state index contributed by atoms with van der Waals surface area (Å²) in [7, 11) is 0. The van der Waals surface area contributed by atoms with Crippen molar-refractivity contribution in [3.8, 4) is 0 Å². The van der Waals surface area contributed by atoms with Crippen molar-refractivity contribution in [2.45, 2.75) is 30.3 Å². The summed E-state index contributed by atoms with van der Waals surface area (Å²) in [4.78, 5) is 35.5. The van der Waals surface area contributed by atoms with Crippen molar-refractivity contribution in [1.29, 1.82) is 0 Å². The first kappa shape index (κ1) is 14.8. The van der Waals surface area contributed by atoms with Gasteiger partial charge in [0.2, 0.25) is 5.91 Å². The third-order valence-corrected chi connectivity index (χ3v) is 6.46. The molecule has 6 nitrogen and oxygen atoms in total. The fourth-order valence-electron chi connectivity index (χ4n) is 5.07. The number of carbonyl (C=O) groups is 1. The Labute approximate surface area is 154 Å². The van der Waals surface area contributed by atoms with Crippen LogP contribution in [0.15, 0.2) is 58.3 Å². The number of para-hydroxylation sites is 2. The first-order valence-corrected chi connectivity index (χ1v) is 9.04. The van der Waals surface area contributed by atoms with Gasteiger partial charge in [0.05, 0.1) is 22.0 Å². The molecule has 0 aliphatic carbocycles. The smallest absolute Gasteiger partial charge is 0.262 e. The van der Waals surface area contributed by atoms with Crippen molar-refractivity contribution in [3.63, 3.8) is 0 Å². The van der Waals surface area contributed by atoms with Crippen LogP contribution in [-0.2, 0) is 15.7 Å². The van der Waals surface area contributed by atoms with Crippen LogP contribution in [0, 0.1) is 0 Å². The molecule has 1 amide bonds. The van der Waals surface area contributed by atoms with Crippen LogP contribution in [0.25, 0.3) is 10.9 Å². The minimum atomic E-state index is -0.849. The van der Waals surface area contributed by atoms with E-state index in [4.69, 9.17) is 4.98 Å². The molecule has 6 heteroatoms. The van der Waals surface area contributed by atoms with E-state index < -0.39 is 17.0 Å². The maximum atomic E-state index is 13.2. The molecule has 5 heterocycles. The Morgan fingerprint density at radius 1 is 1.11 bits per heavy atom. The normalized spacial score (nSPS) is 29.8. The van der Waals surface area contributed by atoms with Gasteiger partial charge in [-0.05, 0) is 37.1 Å². The molecule has 7 rings (SSSR count). The lowest BCUT2D eigenvalue weighted by Gasteiger charge is -2.55. The maximum absolute atomic E-state index is 13.2. The number of nitrogens with one attached hydrogen (secondary N) is 1. The molecule has 1 aromatic heterocycles. The first-order valence-electron chi connectivity index (χ1n) is 9.04. The van der Waals surface area contributed by atoms with E-state index in [0.29, 0.717) is 23.1 Å². The second kappa shape index (κ2) is 4.52. The molecule has 3 atom stereocenters. The van der Waals surface area contributed by atoms with E-state index in [2.05, 4.69) is 16.4 Å². The number of hydrogen-bond donors (Lipinski definition) is 1. The topological polar surface area (TPSA) is 76.3 Å². The summed E-state index contributed by atoms with van der Waals surface area (Å²) in [6, 6.07) is 14.7. The lowest BCUT2D eigenvalue weighted by Crippen LogP contribution is -2.71. The molecule has 2 aromatic carbocycles. The molecular formula is C21H16N4O2. The third-order valence-electron chi connectivity index (χ3n) is 6.46. The van der Waals surface area contributed by atoms with E-state index >= 15 is 0 Å². The number of rotatable bonds is 0. The van der Waals surface area contributed by atoms with E-state index in [1.165, 1.54) is 0 Å². The second-order valence-corrected chi connectivity index (χ2v) is 7.71. The largest absolute Gasteiger partial charge is 0.341 e. The number of piperidine rings is 1. The van der Waals surface area contributed by atoms with Gasteiger partial charge in [-0.3, -0.25) is 19.1 Å². The molecule has 4 aliphatic heterocycles. The molecule has 1 fully saturated rings. The van der Waals surface area contributed by atoms with Crippen LogP contribution in [0.2, 0.25) is 0 Å². The van der Waals surface area contributed by atoms with Crippen molar-refractivity contribution < 1.29 is 4.79 Å². The Kier molecular flexibility index (Phi) is 2.48. The Morgan fingerprint density at radius 2 is 1.89 bits per heavy atom. The fourth-order valence-corrected chi connectivity index (χ4v) is 5.07. The van der Waals surface area contributed by atoms with Crippen LogP contribution in [0.5, 0.6) is 0 Å². The van der Waals surface area contributed by atoms with Gasteiger partial charge in [-0.15, -0.1) is 0 Å². The van der Waals surface area contributed by atoms with Crippen molar-refractivity contribution in [3.05, 3.63) is 70.3 Å². The summed E-state index contributed by atoms with van der Waals surface area (Å²) >= 11 is 0. The summed E-state index contributed by atoms with van der Waals surface area (Å²) in [5.41, 5.74) is 1.12. The predicted molar refractivity (Wildman–Crippen MR) is 101 cm³/mol. The van der Waals surface area contributed by atoms with Crippen molar-refractivity contribution >= 4 is 28.7 Å². The van der Waals surface area contributed by atoms with Gasteiger partial charge in [0.15, 0.2) is 0 Å². The molecule has 1 saturated heterocycles. The van der Waals surface area contributed by atoms with Gasteiger partial charge in [-0.1, -0.05) is 30.3 Å². The lowest BCUT2D eigenvalue weighted by molar-refractivity contribution is -0.134. The molecule has 132 valence electrons. The number of hydrogen-bond acceptors (Lipinski definition) is 4. The highest BCUT2D eigenvalue weighted by Crippen LogP contribution is 2.57. The second-order valence-electron chi connectivity index (χ2n) is 7.71. The molecule has 0 radical (unpaired) electrons. The standard InChI is InChI=1S/C21H16N4O2/c1-20-19-23-14-8-4-2-6-12(14)18(27)25(19)16(17(26)24-20)10-21(20)11-22-15-9-5-3-7-13(15)21/h2-9,11,16H,10H2,1H3,(H,24,26)/t16-,20+,21-/m1/s1. The highest BCUT2D eigenvalue weighted by atomic mass is 16.2. The van der Waals surface area contributed by atoms with E-state index in [-0.39, 0.29) is 11.5 Å². The number of aliphatic imine (C=N–C) groups is 1. The van der Waals surface area contributed by atoms with Gasteiger partial charge in [-0.25, -0.2) is 4.98 Å². The molecular weight excluding hydrogens is 340 g/mol. The summed E-state index contributed by atoms with van der Waals surface area (Å²) in [5, 5.41) is 3.70. The zero-order chi connectivity index (χ0) is 18.4. The van der Waals surface area contributed by atoms with Crippen LogP contribution < -0.4 is 10.9 Å². The quantitative estimate of drug-likeness (QED) is 0.672. The Hall–Kier alpha value is -3.28. The van der Waals surface area contributed by atoms with Crippen LogP contribution >= 0.6 is 0 Å². The van der Waals surface area contributed by atoms with Gasteiger partial charge in [0.25, 0.3) is 5.56 Å². The van der Waals surface area contributed by atoms with E-state index in [1.807, 2.05) is 49.5 Å². The first-order chi connectivity index (χ1) is 13.1. The van der Waals surface area contributed by atoms with Gasteiger partial charge in [-0.2, -0.15) is 0 Å². The van der Waals surface area contributed by atoms with Gasteiger partial charge in [0.1, 0.15) is 17.4 Å². The number of benzene rings is 2. The highest BCUT2D eigenvalue weighted by molar-refractivity contribution is 5.94. The summed E-state index contributed by atoms with van der Waals surface area (Å²) in [6.45, 7) is 1.96. The molecule has 0 unspecified atom stereocenters. The van der Waals surface area contributed by atoms with Crippen molar-refractivity contribution in [2.75, 3.05) is 0 Å². The minimum absolute atomic E-state index is 0.132. The SMILES string of the molecule is C[C@@]12NC(=O)[C@@H](C[C@]13C=Nc1ccccc13)n1c2nc2ccccc2c1=O. The van der Waals surface area contributed by atoms with Crippen LogP contribution in [0.4, 0.5) is 5.69 Å². The average molecular weight is 356 g/mol. The average Bonchev–Trinajstić information content (AvgIpc) is 3.04. The van der Waals surface area contributed by atoms with Crippen molar-refractivity contribution in [2.24, 2.45) is 4.99 Å². The molecule has 27 heavy (non-hydrogen) atoms. The van der Waals surface area contributed by atoms with Gasteiger partial charge >= 0.3 is 0 Å². The Balaban J connectivity index is 1.73.